The molecule has 6 nitrogen and oxygen atoms in total. The van der Waals surface area contributed by atoms with Crippen molar-refractivity contribution in [1.29, 1.82) is 0 Å². The number of aliphatic hydroxyl groups excluding tert-OH is 1. The second kappa shape index (κ2) is 7.22. The fourth-order valence-electron chi connectivity index (χ4n) is 2.70. The van der Waals surface area contributed by atoms with Crippen LogP contribution in [0.5, 0.6) is 0 Å². The van der Waals surface area contributed by atoms with E-state index in [4.69, 9.17) is 5.14 Å². The SMILES string of the molecule is NS(=O)(=O)Nc1ccccc1C(O)CN1CCCCCC1. The Balaban J connectivity index is 2.09. The monoisotopic (exact) mass is 313 g/mol. The summed E-state index contributed by atoms with van der Waals surface area (Å²) in [5.74, 6) is 0. The van der Waals surface area contributed by atoms with Crippen LogP contribution in [-0.2, 0) is 10.2 Å². The van der Waals surface area contributed by atoms with E-state index in [1.54, 1.807) is 24.3 Å². The Morgan fingerprint density at radius 3 is 2.43 bits per heavy atom. The number of anilines is 1. The molecule has 1 saturated heterocycles. The number of likely N-dealkylation sites (tertiary alicyclic amines) is 1. The molecule has 0 spiro atoms. The molecule has 0 bridgehead atoms. The van der Waals surface area contributed by atoms with Gasteiger partial charge in [0.05, 0.1) is 11.8 Å². The molecule has 2 rings (SSSR count). The second-order valence-corrected chi connectivity index (χ2v) is 6.76. The maximum Gasteiger partial charge on any atom is 0.296 e. The minimum atomic E-state index is -3.85. The largest absolute Gasteiger partial charge is 0.387 e. The molecule has 0 saturated carbocycles. The summed E-state index contributed by atoms with van der Waals surface area (Å²) in [6.45, 7) is 2.45. The fraction of sp³-hybridized carbons (Fsp3) is 0.571. The highest BCUT2D eigenvalue weighted by molar-refractivity contribution is 7.90. The number of benzene rings is 1. The molecule has 0 radical (unpaired) electrons. The van der Waals surface area contributed by atoms with Crippen molar-refractivity contribution in [3.63, 3.8) is 0 Å². The van der Waals surface area contributed by atoms with Crippen LogP contribution in [0, 0.1) is 0 Å². The van der Waals surface area contributed by atoms with Crippen molar-refractivity contribution in [3.8, 4) is 0 Å². The van der Waals surface area contributed by atoms with Crippen LogP contribution in [0.2, 0.25) is 0 Å². The predicted molar refractivity (Wildman–Crippen MR) is 83.0 cm³/mol. The Kier molecular flexibility index (Phi) is 5.58. The third-order valence-corrected chi connectivity index (χ3v) is 4.21. The smallest absolute Gasteiger partial charge is 0.296 e. The van der Waals surface area contributed by atoms with Crippen molar-refractivity contribution in [2.45, 2.75) is 31.8 Å². The molecule has 0 amide bonds. The van der Waals surface area contributed by atoms with Crippen LogP contribution in [0.25, 0.3) is 0 Å². The maximum absolute atomic E-state index is 11.2. The topological polar surface area (TPSA) is 95.7 Å². The van der Waals surface area contributed by atoms with E-state index in [-0.39, 0.29) is 0 Å². The Labute approximate surface area is 126 Å². The lowest BCUT2D eigenvalue weighted by atomic mass is 10.1. The molecule has 1 aromatic rings. The summed E-state index contributed by atoms with van der Waals surface area (Å²) in [7, 11) is -3.85. The average molecular weight is 313 g/mol. The van der Waals surface area contributed by atoms with Gasteiger partial charge in [0.1, 0.15) is 0 Å². The molecule has 4 N–H and O–H groups in total. The second-order valence-electron chi connectivity index (χ2n) is 5.46. The molecule has 1 aliphatic rings. The number of nitrogens with two attached hydrogens (primary N) is 1. The van der Waals surface area contributed by atoms with Gasteiger partial charge in [-0.15, -0.1) is 0 Å². The lowest BCUT2D eigenvalue weighted by Gasteiger charge is -2.24. The molecule has 0 aromatic heterocycles. The first kappa shape index (κ1) is 16.2. The quantitative estimate of drug-likeness (QED) is 0.761. The van der Waals surface area contributed by atoms with E-state index in [1.807, 2.05) is 0 Å². The van der Waals surface area contributed by atoms with E-state index in [2.05, 4.69) is 9.62 Å². The molecule has 1 heterocycles. The van der Waals surface area contributed by atoms with Crippen LogP contribution in [0.15, 0.2) is 24.3 Å². The molecule has 7 heteroatoms. The number of para-hydroxylation sites is 1. The summed E-state index contributed by atoms with van der Waals surface area (Å²) < 4.78 is 24.6. The van der Waals surface area contributed by atoms with Gasteiger partial charge in [0.2, 0.25) is 0 Å². The van der Waals surface area contributed by atoms with Gasteiger partial charge in [-0.1, -0.05) is 31.0 Å². The summed E-state index contributed by atoms with van der Waals surface area (Å²) in [5, 5.41) is 15.4. The number of rotatable bonds is 5. The molecule has 0 aliphatic carbocycles. The molecule has 1 aliphatic heterocycles. The lowest BCUT2D eigenvalue weighted by Crippen LogP contribution is -2.30. The van der Waals surface area contributed by atoms with E-state index in [9.17, 15) is 13.5 Å². The van der Waals surface area contributed by atoms with Crippen LogP contribution >= 0.6 is 0 Å². The van der Waals surface area contributed by atoms with E-state index < -0.39 is 16.3 Å². The average Bonchev–Trinajstić information content (AvgIpc) is 2.66. The first-order chi connectivity index (χ1) is 9.96. The molecule has 1 unspecified atom stereocenters. The normalized spacial score (nSPS) is 19.0. The molecular formula is C14H23N3O3S. The zero-order valence-corrected chi connectivity index (χ0v) is 12.8. The summed E-state index contributed by atoms with van der Waals surface area (Å²) in [5.41, 5.74) is 0.887. The molecule has 21 heavy (non-hydrogen) atoms. The Morgan fingerprint density at radius 2 is 1.81 bits per heavy atom. The Bertz CT molecular complexity index is 554. The predicted octanol–water partition coefficient (Wildman–Crippen LogP) is 1.21. The third-order valence-electron chi connectivity index (χ3n) is 3.70. The zero-order chi connectivity index (χ0) is 15.3. The van der Waals surface area contributed by atoms with E-state index in [0.29, 0.717) is 17.8 Å². The summed E-state index contributed by atoms with van der Waals surface area (Å²) in [4.78, 5) is 2.23. The highest BCUT2D eigenvalue weighted by atomic mass is 32.2. The van der Waals surface area contributed by atoms with Gasteiger partial charge >= 0.3 is 0 Å². The maximum atomic E-state index is 11.2. The fourth-order valence-corrected chi connectivity index (χ4v) is 3.19. The van der Waals surface area contributed by atoms with Gasteiger partial charge in [-0.3, -0.25) is 4.72 Å². The van der Waals surface area contributed by atoms with Crippen molar-refractivity contribution >= 4 is 15.9 Å². The standard InChI is InChI=1S/C14H23N3O3S/c15-21(19,20)16-13-8-4-3-7-12(13)14(18)11-17-9-5-1-2-6-10-17/h3-4,7-8,14,16,18H,1-2,5-6,9-11H2,(H2,15,19,20). The number of β-amino-alcohol motifs (C(OH)–C–C–N with tert-alkyl or cyclic N) is 1. The number of nitrogens with one attached hydrogen (secondary N) is 1. The number of nitrogens with zero attached hydrogens (tertiary/aromatic N) is 1. The van der Waals surface area contributed by atoms with Crippen LogP contribution in [-0.4, -0.2) is 38.1 Å². The number of aliphatic hydroxyl groups is 1. The van der Waals surface area contributed by atoms with Gasteiger partial charge in [0.15, 0.2) is 0 Å². The van der Waals surface area contributed by atoms with Gasteiger partial charge in [0, 0.05) is 12.1 Å². The van der Waals surface area contributed by atoms with Crippen LogP contribution in [0.1, 0.15) is 37.4 Å². The minimum Gasteiger partial charge on any atom is -0.387 e. The van der Waals surface area contributed by atoms with E-state index in [0.717, 1.165) is 25.9 Å². The van der Waals surface area contributed by atoms with Crippen LogP contribution < -0.4 is 9.86 Å². The Morgan fingerprint density at radius 1 is 1.19 bits per heavy atom. The van der Waals surface area contributed by atoms with Crippen LogP contribution in [0.4, 0.5) is 5.69 Å². The van der Waals surface area contributed by atoms with Crippen molar-refractivity contribution < 1.29 is 13.5 Å². The number of hydrogen-bond donors (Lipinski definition) is 3. The molecular weight excluding hydrogens is 290 g/mol. The molecule has 1 atom stereocenters. The summed E-state index contributed by atoms with van der Waals surface area (Å²) in [6.07, 6.45) is 4.01. The Hall–Kier alpha value is -1.15. The highest BCUT2D eigenvalue weighted by Crippen LogP contribution is 2.25. The van der Waals surface area contributed by atoms with Crippen molar-refractivity contribution in [2.24, 2.45) is 5.14 Å². The zero-order valence-electron chi connectivity index (χ0n) is 12.0. The van der Waals surface area contributed by atoms with Crippen LogP contribution in [0.3, 0.4) is 0 Å². The molecule has 1 fully saturated rings. The third kappa shape index (κ3) is 5.28. The van der Waals surface area contributed by atoms with E-state index in [1.165, 1.54) is 12.8 Å². The highest BCUT2D eigenvalue weighted by Gasteiger charge is 2.18. The first-order valence-electron chi connectivity index (χ1n) is 7.25. The minimum absolute atomic E-state index is 0.335. The molecule has 1 aromatic carbocycles. The van der Waals surface area contributed by atoms with Gasteiger partial charge in [-0.25, -0.2) is 5.14 Å². The summed E-state index contributed by atoms with van der Waals surface area (Å²) in [6, 6.07) is 6.80. The van der Waals surface area contributed by atoms with Crippen molar-refractivity contribution in [3.05, 3.63) is 29.8 Å². The van der Waals surface area contributed by atoms with Gasteiger partial charge in [-0.05, 0) is 32.0 Å². The van der Waals surface area contributed by atoms with Gasteiger partial charge in [-0.2, -0.15) is 8.42 Å². The number of hydrogen-bond acceptors (Lipinski definition) is 4. The van der Waals surface area contributed by atoms with Gasteiger partial charge < -0.3 is 10.0 Å². The first-order valence-corrected chi connectivity index (χ1v) is 8.80. The lowest BCUT2D eigenvalue weighted by molar-refractivity contribution is 0.115. The van der Waals surface area contributed by atoms with E-state index >= 15 is 0 Å². The molecule has 118 valence electrons. The van der Waals surface area contributed by atoms with Gasteiger partial charge in [0.25, 0.3) is 10.2 Å². The van der Waals surface area contributed by atoms with Crippen molar-refractivity contribution in [2.75, 3.05) is 24.4 Å². The summed E-state index contributed by atoms with van der Waals surface area (Å²) >= 11 is 0. The van der Waals surface area contributed by atoms with Crippen molar-refractivity contribution in [1.82, 2.24) is 4.90 Å².